The topological polar surface area (TPSA) is 12.9 Å². The first-order chi connectivity index (χ1) is 8.83. The van der Waals surface area contributed by atoms with Crippen LogP contribution in [0.25, 0.3) is 31.8 Å². The summed E-state index contributed by atoms with van der Waals surface area (Å²) in [5, 5.41) is 6.39. The highest BCUT2D eigenvalue weighted by Crippen LogP contribution is 2.34. The molecule has 4 aromatic rings. The molecule has 0 radical (unpaired) electrons. The molecule has 0 N–H and O–H groups in total. The molecule has 0 fully saturated rings. The van der Waals surface area contributed by atoms with Crippen LogP contribution in [0.15, 0.2) is 48.5 Å². The molecule has 86 valence electrons. The predicted octanol–water partition coefficient (Wildman–Crippen LogP) is 4.91. The van der Waals surface area contributed by atoms with E-state index in [4.69, 9.17) is 0 Å². The van der Waals surface area contributed by atoms with Gasteiger partial charge in [-0.05, 0) is 29.1 Å². The van der Waals surface area contributed by atoms with Gasteiger partial charge < -0.3 is 0 Å². The van der Waals surface area contributed by atoms with E-state index in [9.17, 15) is 0 Å². The average molecular weight is 249 g/mol. The van der Waals surface area contributed by atoms with Crippen LogP contribution >= 0.6 is 11.3 Å². The van der Waals surface area contributed by atoms with Gasteiger partial charge in [0.25, 0.3) is 0 Å². The van der Waals surface area contributed by atoms with Crippen LogP contribution in [0.2, 0.25) is 0 Å². The largest absolute Gasteiger partial charge is 0.241 e. The molecule has 0 amide bonds. The van der Waals surface area contributed by atoms with Gasteiger partial charge in [0.2, 0.25) is 0 Å². The van der Waals surface area contributed by atoms with Gasteiger partial charge >= 0.3 is 0 Å². The number of benzene rings is 3. The van der Waals surface area contributed by atoms with Crippen molar-refractivity contribution in [2.45, 2.75) is 6.92 Å². The van der Waals surface area contributed by atoms with Gasteiger partial charge in [-0.2, -0.15) is 0 Å². The molecule has 0 atom stereocenters. The summed E-state index contributed by atoms with van der Waals surface area (Å²) in [4.78, 5) is 4.59. The molecule has 18 heavy (non-hydrogen) atoms. The Labute approximate surface area is 109 Å². The van der Waals surface area contributed by atoms with Crippen LogP contribution in [0.4, 0.5) is 0 Å². The van der Waals surface area contributed by atoms with Crippen LogP contribution in [-0.2, 0) is 0 Å². The Kier molecular flexibility index (Phi) is 1.97. The van der Waals surface area contributed by atoms with Crippen LogP contribution in [-0.4, -0.2) is 4.98 Å². The Balaban J connectivity index is 2.37. The molecule has 0 aliphatic heterocycles. The maximum Gasteiger partial charge on any atom is 0.0908 e. The number of hydrogen-bond donors (Lipinski definition) is 0. The standard InChI is InChI=1S/C16H11NS/c1-10-17-14-9-8-12-7-6-11-4-2-3-5-13(11)15(12)16(14)18-10/h2-9H,1H3. The number of nitrogens with zero attached hydrogens (tertiary/aromatic N) is 1. The third kappa shape index (κ3) is 1.30. The summed E-state index contributed by atoms with van der Waals surface area (Å²) >= 11 is 1.79. The summed E-state index contributed by atoms with van der Waals surface area (Å²) in [7, 11) is 0. The van der Waals surface area contributed by atoms with E-state index in [-0.39, 0.29) is 0 Å². The normalized spacial score (nSPS) is 11.6. The first-order valence-electron chi connectivity index (χ1n) is 6.00. The van der Waals surface area contributed by atoms with Gasteiger partial charge in [0, 0.05) is 5.39 Å². The van der Waals surface area contributed by atoms with Crippen molar-refractivity contribution >= 4 is 43.1 Å². The lowest BCUT2D eigenvalue weighted by atomic mass is 10.0. The van der Waals surface area contributed by atoms with Gasteiger partial charge in [-0.25, -0.2) is 4.98 Å². The zero-order valence-electron chi connectivity index (χ0n) is 9.97. The fraction of sp³-hybridized carbons (Fsp3) is 0.0625. The molecule has 1 nitrogen and oxygen atoms in total. The minimum absolute atomic E-state index is 1.11. The molecule has 0 aliphatic rings. The van der Waals surface area contributed by atoms with E-state index in [0.717, 1.165) is 10.5 Å². The van der Waals surface area contributed by atoms with Gasteiger partial charge in [-0.3, -0.25) is 0 Å². The maximum atomic E-state index is 4.59. The van der Waals surface area contributed by atoms with Gasteiger partial charge in [0.1, 0.15) is 0 Å². The lowest BCUT2D eigenvalue weighted by molar-refractivity contribution is 1.35. The molecule has 4 rings (SSSR count). The minimum Gasteiger partial charge on any atom is -0.241 e. The fourth-order valence-electron chi connectivity index (χ4n) is 2.58. The number of fused-ring (bicyclic) bond motifs is 5. The zero-order valence-corrected chi connectivity index (χ0v) is 10.8. The second-order valence-corrected chi connectivity index (χ2v) is 5.73. The van der Waals surface area contributed by atoms with E-state index in [1.165, 1.54) is 26.2 Å². The molecule has 0 saturated heterocycles. The lowest BCUT2D eigenvalue weighted by Gasteiger charge is -2.04. The zero-order chi connectivity index (χ0) is 12.1. The fourth-order valence-corrected chi connectivity index (χ4v) is 3.57. The number of thiazole rings is 1. The van der Waals surface area contributed by atoms with Crippen molar-refractivity contribution in [3.63, 3.8) is 0 Å². The van der Waals surface area contributed by atoms with E-state index in [2.05, 4.69) is 60.4 Å². The second-order valence-electron chi connectivity index (χ2n) is 4.53. The Hall–Kier alpha value is -1.93. The molecule has 2 heteroatoms. The molecule has 0 spiro atoms. The first-order valence-corrected chi connectivity index (χ1v) is 6.82. The summed E-state index contributed by atoms with van der Waals surface area (Å²) in [5.74, 6) is 0. The van der Waals surface area contributed by atoms with E-state index in [1.807, 2.05) is 0 Å². The summed E-state index contributed by atoms with van der Waals surface area (Å²) in [6.07, 6.45) is 0. The van der Waals surface area contributed by atoms with Crippen molar-refractivity contribution < 1.29 is 0 Å². The molecule has 1 aromatic heterocycles. The Morgan fingerprint density at radius 1 is 0.889 bits per heavy atom. The number of aromatic nitrogens is 1. The third-order valence-electron chi connectivity index (χ3n) is 3.37. The van der Waals surface area contributed by atoms with E-state index >= 15 is 0 Å². The summed E-state index contributed by atoms with van der Waals surface area (Å²) in [5.41, 5.74) is 1.11. The molecular formula is C16H11NS. The van der Waals surface area contributed by atoms with Crippen LogP contribution in [0, 0.1) is 6.92 Å². The Bertz CT molecular complexity index is 889. The van der Waals surface area contributed by atoms with E-state index in [1.54, 1.807) is 11.3 Å². The van der Waals surface area contributed by atoms with Crippen LogP contribution in [0.5, 0.6) is 0 Å². The Morgan fingerprint density at radius 2 is 1.67 bits per heavy atom. The molecule has 3 aromatic carbocycles. The van der Waals surface area contributed by atoms with Crippen molar-refractivity contribution in [1.29, 1.82) is 0 Å². The minimum atomic E-state index is 1.11. The first kappa shape index (κ1) is 10.0. The average Bonchev–Trinajstić information content (AvgIpc) is 2.78. The van der Waals surface area contributed by atoms with Crippen molar-refractivity contribution in [2.24, 2.45) is 0 Å². The molecule has 0 saturated carbocycles. The van der Waals surface area contributed by atoms with Crippen molar-refractivity contribution in [3.05, 3.63) is 53.5 Å². The summed E-state index contributed by atoms with van der Waals surface area (Å²) < 4.78 is 1.31. The van der Waals surface area contributed by atoms with Crippen LogP contribution in [0.3, 0.4) is 0 Å². The molecule has 1 heterocycles. The van der Waals surface area contributed by atoms with E-state index in [0.29, 0.717) is 0 Å². The molecule has 0 unspecified atom stereocenters. The highest BCUT2D eigenvalue weighted by Gasteiger charge is 2.08. The van der Waals surface area contributed by atoms with Gasteiger partial charge in [0.15, 0.2) is 0 Å². The van der Waals surface area contributed by atoms with Crippen LogP contribution in [0.1, 0.15) is 5.01 Å². The van der Waals surface area contributed by atoms with Crippen molar-refractivity contribution in [3.8, 4) is 0 Å². The monoisotopic (exact) mass is 249 g/mol. The van der Waals surface area contributed by atoms with Crippen LogP contribution < -0.4 is 0 Å². The van der Waals surface area contributed by atoms with Crippen molar-refractivity contribution in [2.75, 3.05) is 0 Å². The SMILES string of the molecule is Cc1nc2ccc3ccc4ccccc4c3c2s1. The molecule has 0 aliphatic carbocycles. The van der Waals surface area contributed by atoms with Gasteiger partial charge in [-0.15, -0.1) is 11.3 Å². The lowest BCUT2D eigenvalue weighted by Crippen LogP contribution is -1.78. The third-order valence-corrected chi connectivity index (χ3v) is 4.37. The predicted molar refractivity (Wildman–Crippen MR) is 79.4 cm³/mol. The number of hydrogen-bond acceptors (Lipinski definition) is 2. The summed E-state index contributed by atoms with van der Waals surface area (Å²) in [6.45, 7) is 2.07. The number of rotatable bonds is 0. The highest BCUT2D eigenvalue weighted by atomic mass is 32.1. The smallest absolute Gasteiger partial charge is 0.0908 e. The maximum absolute atomic E-state index is 4.59. The molecule has 0 bridgehead atoms. The van der Waals surface area contributed by atoms with E-state index < -0.39 is 0 Å². The van der Waals surface area contributed by atoms with Gasteiger partial charge in [-0.1, -0.05) is 42.5 Å². The number of aryl methyl sites for hydroxylation is 1. The van der Waals surface area contributed by atoms with Crippen molar-refractivity contribution in [1.82, 2.24) is 4.98 Å². The second kappa shape index (κ2) is 3.53. The highest BCUT2D eigenvalue weighted by molar-refractivity contribution is 7.19. The van der Waals surface area contributed by atoms with Gasteiger partial charge in [0.05, 0.1) is 15.2 Å². The quantitative estimate of drug-likeness (QED) is 0.403. The Morgan fingerprint density at radius 3 is 2.61 bits per heavy atom. The summed E-state index contributed by atoms with van der Waals surface area (Å²) in [6, 6.07) is 17.2. The molecular weight excluding hydrogens is 238 g/mol.